The van der Waals surface area contributed by atoms with Crippen LogP contribution in [0.3, 0.4) is 0 Å². The molecule has 0 saturated carbocycles. The van der Waals surface area contributed by atoms with Gasteiger partial charge in [-0.15, -0.1) is 22.7 Å². The lowest BCUT2D eigenvalue weighted by Gasteiger charge is -2.09. The van der Waals surface area contributed by atoms with Crippen LogP contribution in [-0.2, 0) is 28.9 Å². The second-order valence-electron chi connectivity index (χ2n) is 8.31. The summed E-state index contributed by atoms with van der Waals surface area (Å²) in [5.41, 5.74) is 4.13. The van der Waals surface area contributed by atoms with Gasteiger partial charge in [0.2, 0.25) is 5.91 Å². The van der Waals surface area contributed by atoms with Crippen LogP contribution in [0.4, 0.5) is 5.00 Å². The largest absolute Gasteiger partial charge is 0.462 e. The molecule has 1 aliphatic rings. The molecule has 1 amide bonds. The Bertz CT molecular complexity index is 1350. The number of nitrogens with one attached hydrogen (secondary N) is 1. The van der Waals surface area contributed by atoms with E-state index in [1.807, 2.05) is 24.4 Å². The third-order valence-corrected chi connectivity index (χ3v) is 8.15. The SMILES string of the molecule is CCOC(=O)c1c(NC(=O)Cn2nc(C)c3c(-c4cccs4)ccnc32)sc2c1CCCCC2. The van der Waals surface area contributed by atoms with Crippen LogP contribution >= 0.6 is 22.7 Å². The van der Waals surface area contributed by atoms with E-state index in [9.17, 15) is 9.59 Å². The molecular formula is C25H26N4O3S2. The first-order valence-electron chi connectivity index (χ1n) is 11.5. The van der Waals surface area contributed by atoms with Gasteiger partial charge in [-0.2, -0.15) is 5.10 Å². The predicted molar refractivity (Wildman–Crippen MR) is 136 cm³/mol. The highest BCUT2D eigenvalue weighted by atomic mass is 32.1. The van der Waals surface area contributed by atoms with Crippen LogP contribution in [0, 0.1) is 6.92 Å². The summed E-state index contributed by atoms with van der Waals surface area (Å²) in [5.74, 6) is -0.602. The van der Waals surface area contributed by atoms with Crippen molar-refractivity contribution in [3.8, 4) is 10.4 Å². The number of nitrogens with zero attached hydrogens (tertiary/aromatic N) is 3. The zero-order valence-electron chi connectivity index (χ0n) is 19.2. The van der Waals surface area contributed by atoms with Crippen molar-refractivity contribution < 1.29 is 14.3 Å². The molecule has 4 heterocycles. The second-order valence-corrected chi connectivity index (χ2v) is 10.4. The topological polar surface area (TPSA) is 86.1 Å². The Kier molecular flexibility index (Phi) is 6.47. The number of pyridine rings is 1. The Hall–Kier alpha value is -3.04. The molecule has 0 radical (unpaired) electrons. The van der Waals surface area contributed by atoms with Crippen molar-refractivity contribution in [3.05, 3.63) is 51.5 Å². The summed E-state index contributed by atoms with van der Waals surface area (Å²) < 4.78 is 6.97. The molecule has 4 aromatic rings. The van der Waals surface area contributed by atoms with E-state index in [-0.39, 0.29) is 18.4 Å². The van der Waals surface area contributed by atoms with Crippen molar-refractivity contribution in [2.75, 3.05) is 11.9 Å². The highest BCUT2D eigenvalue weighted by Crippen LogP contribution is 2.38. The molecule has 0 aromatic carbocycles. The van der Waals surface area contributed by atoms with Crippen molar-refractivity contribution in [1.82, 2.24) is 14.8 Å². The molecule has 176 valence electrons. The molecule has 7 nitrogen and oxygen atoms in total. The summed E-state index contributed by atoms with van der Waals surface area (Å²) in [6.45, 7) is 4.04. The molecule has 0 fully saturated rings. The second kappa shape index (κ2) is 9.68. The van der Waals surface area contributed by atoms with Crippen LogP contribution in [0.2, 0.25) is 0 Å². The van der Waals surface area contributed by atoms with Gasteiger partial charge in [-0.1, -0.05) is 12.5 Å². The Balaban J connectivity index is 1.44. The molecule has 34 heavy (non-hydrogen) atoms. The van der Waals surface area contributed by atoms with E-state index in [0.29, 0.717) is 22.8 Å². The molecule has 0 aliphatic heterocycles. The summed E-state index contributed by atoms with van der Waals surface area (Å²) in [5, 5.41) is 11.2. The Labute approximate surface area is 205 Å². The minimum Gasteiger partial charge on any atom is -0.462 e. The number of thiophene rings is 2. The highest BCUT2D eigenvalue weighted by molar-refractivity contribution is 7.17. The summed E-state index contributed by atoms with van der Waals surface area (Å²) in [6.07, 6.45) is 6.81. The van der Waals surface area contributed by atoms with Crippen LogP contribution < -0.4 is 5.32 Å². The maximum atomic E-state index is 13.1. The fourth-order valence-electron chi connectivity index (χ4n) is 4.58. The van der Waals surface area contributed by atoms with Gasteiger partial charge in [0, 0.05) is 21.5 Å². The molecule has 0 unspecified atom stereocenters. The van der Waals surface area contributed by atoms with Crippen molar-refractivity contribution >= 4 is 50.6 Å². The molecule has 1 N–H and O–H groups in total. The zero-order chi connectivity index (χ0) is 23.7. The van der Waals surface area contributed by atoms with Crippen molar-refractivity contribution in [3.63, 3.8) is 0 Å². The summed E-state index contributed by atoms with van der Waals surface area (Å²) in [6, 6.07) is 6.07. The number of carbonyl (C=O) groups is 2. The number of hydrogen-bond acceptors (Lipinski definition) is 7. The molecule has 9 heteroatoms. The number of aromatic nitrogens is 3. The van der Waals surface area contributed by atoms with Gasteiger partial charge in [-0.25, -0.2) is 14.5 Å². The zero-order valence-corrected chi connectivity index (χ0v) is 20.9. The number of hydrogen-bond donors (Lipinski definition) is 1. The van der Waals surface area contributed by atoms with Crippen molar-refractivity contribution in [2.24, 2.45) is 0 Å². The van der Waals surface area contributed by atoms with Gasteiger partial charge in [-0.05, 0) is 62.6 Å². The van der Waals surface area contributed by atoms with E-state index in [4.69, 9.17) is 4.74 Å². The third kappa shape index (κ3) is 4.25. The van der Waals surface area contributed by atoms with E-state index < -0.39 is 0 Å². The lowest BCUT2D eigenvalue weighted by molar-refractivity contribution is -0.116. The molecule has 5 rings (SSSR count). The maximum absolute atomic E-state index is 13.1. The standard InChI is InChI=1S/C25H26N4O3S2/c1-3-32-25(31)22-16-8-5-4-6-9-19(16)34-24(22)27-20(30)14-29-23-21(15(2)28-29)17(11-12-26-23)18-10-7-13-33-18/h7,10-13H,3-6,8-9,14H2,1-2H3,(H,27,30). The van der Waals surface area contributed by atoms with E-state index >= 15 is 0 Å². The molecule has 0 spiro atoms. The van der Waals surface area contributed by atoms with Crippen LogP contribution in [0.5, 0.6) is 0 Å². The Morgan fingerprint density at radius 2 is 2.06 bits per heavy atom. The van der Waals surface area contributed by atoms with Crippen LogP contribution in [-0.4, -0.2) is 33.2 Å². The minimum absolute atomic E-state index is 0.00999. The van der Waals surface area contributed by atoms with Gasteiger partial charge in [0.25, 0.3) is 0 Å². The quantitative estimate of drug-likeness (QED) is 0.278. The highest BCUT2D eigenvalue weighted by Gasteiger charge is 2.27. The van der Waals surface area contributed by atoms with Crippen LogP contribution in [0.1, 0.15) is 52.7 Å². The molecule has 4 aromatic heterocycles. The van der Waals surface area contributed by atoms with Gasteiger partial charge in [0.05, 0.1) is 23.3 Å². The molecular weight excluding hydrogens is 468 g/mol. The number of amides is 1. The predicted octanol–water partition coefficient (Wildman–Crippen LogP) is 5.61. The number of ether oxygens (including phenoxy) is 1. The van der Waals surface area contributed by atoms with Gasteiger partial charge in [-0.3, -0.25) is 4.79 Å². The smallest absolute Gasteiger partial charge is 0.341 e. The fraction of sp³-hybridized carbons (Fsp3) is 0.360. The molecule has 1 aliphatic carbocycles. The molecule has 0 saturated heterocycles. The number of anilines is 1. The summed E-state index contributed by atoms with van der Waals surface area (Å²) in [4.78, 5) is 32.7. The number of aryl methyl sites for hydroxylation is 2. The van der Waals surface area contributed by atoms with Crippen molar-refractivity contribution in [1.29, 1.82) is 0 Å². The van der Waals surface area contributed by atoms with E-state index in [1.54, 1.807) is 29.1 Å². The van der Waals surface area contributed by atoms with Crippen LogP contribution in [0.25, 0.3) is 21.5 Å². The molecule has 0 atom stereocenters. The van der Waals surface area contributed by atoms with Gasteiger partial charge in [0.15, 0.2) is 5.65 Å². The lowest BCUT2D eigenvalue weighted by atomic mass is 10.1. The van der Waals surface area contributed by atoms with E-state index in [0.717, 1.165) is 59.2 Å². The number of esters is 1. The first-order chi connectivity index (χ1) is 16.6. The van der Waals surface area contributed by atoms with Gasteiger partial charge in [0.1, 0.15) is 11.5 Å². The minimum atomic E-state index is -0.361. The first-order valence-corrected chi connectivity index (χ1v) is 13.2. The average molecular weight is 495 g/mol. The van der Waals surface area contributed by atoms with E-state index in [2.05, 4.69) is 21.5 Å². The Morgan fingerprint density at radius 3 is 2.85 bits per heavy atom. The third-order valence-electron chi connectivity index (χ3n) is 6.04. The monoisotopic (exact) mass is 494 g/mol. The molecule has 0 bridgehead atoms. The van der Waals surface area contributed by atoms with Crippen LogP contribution in [0.15, 0.2) is 29.8 Å². The number of carbonyl (C=O) groups excluding carboxylic acids is 2. The van der Waals surface area contributed by atoms with E-state index in [1.165, 1.54) is 16.2 Å². The fourth-order valence-corrected chi connectivity index (χ4v) is 6.63. The van der Waals surface area contributed by atoms with Gasteiger partial charge < -0.3 is 10.1 Å². The lowest BCUT2D eigenvalue weighted by Crippen LogP contribution is -2.21. The number of fused-ring (bicyclic) bond motifs is 2. The van der Waals surface area contributed by atoms with Gasteiger partial charge >= 0.3 is 5.97 Å². The van der Waals surface area contributed by atoms with Crippen molar-refractivity contribution in [2.45, 2.75) is 52.5 Å². The average Bonchev–Trinajstić information content (AvgIpc) is 3.49. The maximum Gasteiger partial charge on any atom is 0.341 e. The summed E-state index contributed by atoms with van der Waals surface area (Å²) in [7, 11) is 0. The summed E-state index contributed by atoms with van der Waals surface area (Å²) >= 11 is 3.16. The number of rotatable bonds is 6. The first kappa shape index (κ1) is 22.7. The normalized spacial score (nSPS) is 13.5. The Morgan fingerprint density at radius 1 is 1.21 bits per heavy atom.